The number of carboxylic acid groups (broad SMARTS) is 1. The Morgan fingerprint density at radius 3 is 2.27 bits per heavy atom. The van der Waals surface area contributed by atoms with Crippen LogP contribution >= 0.6 is 12.6 Å². The van der Waals surface area contributed by atoms with Crippen LogP contribution in [0.5, 0.6) is 0 Å². The zero-order chi connectivity index (χ0) is 9.07. The molecule has 5 heteroatoms. The highest BCUT2D eigenvalue weighted by Crippen LogP contribution is 2.17. The van der Waals surface area contributed by atoms with Crippen LogP contribution in [0.4, 0.5) is 0 Å². The van der Waals surface area contributed by atoms with E-state index in [-0.39, 0.29) is 0 Å². The van der Waals surface area contributed by atoms with E-state index in [9.17, 15) is 4.79 Å². The highest BCUT2D eigenvalue weighted by atomic mass is 32.1. The third-order valence-corrected chi connectivity index (χ3v) is 1.45. The van der Waals surface area contributed by atoms with Crippen molar-refractivity contribution >= 4 is 18.6 Å². The van der Waals surface area contributed by atoms with Gasteiger partial charge in [0.05, 0.1) is 7.11 Å². The van der Waals surface area contributed by atoms with Crippen LogP contribution in [0.3, 0.4) is 0 Å². The smallest absolute Gasteiger partial charge is 0.324 e. The van der Waals surface area contributed by atoms with E-state index in [2.05, 4.69) is 22.9 Å². The summed E-state index contributed by atoms with van der Waals surface area (Å²) >= 11 is 4.10. The average Bonchev–Trinajstić information content (AvgIpc) is 1.79. The molecule has 0 radical (unpaired) electrons. The van der Waals surface area contributed by atoms with Gasteiger partial charge in [0.2, 0.25) is 0 Å². The standard InChI is InChI=1S/C6H13NO3S/c1-6(2,11)4(5(8)9)7-10-3/h4,7,11H,1-3H3,(H,8,9). The molecule has 0 aromatic rings. The average molecular weight is 179 g/mol. The van der Waals surface area contributed by atoms with Crippen molar-refractivity contribution < 1.29 is 14.7 Å². The lowest BCUT2D eigenvalue weighted by atomic mass is 10.0. The van der Waals surface area contributed by atoms with Gasteiger partial charge in [0, 0.05) is 4.75 Å². The number of rotatable bonds is 4. The Balaban J connectivity index is 4.22. The molecule has 0 aromatic carbocycles. The van der Waals surface area contributed by atoms with E-state index in [0.29, 0.717) is 0 Å². The molecule has 0 aliphatic rings. The minimum atomic E-state index is -0.980. The molecular formula is C6H13NO3S. The molecule has 2 N–H and O–H groups in total. The van der Waals surface area contributed by atoms with Gasteiger partial charge in [-0.1, -0.05) is 0 Å². The molecular weight excluding hydrogens is 166 g/mol. The van der Waals surface area contributed by atoms with Crippen molar-refractivity contribution in [2.75, 3.05) is 7.11 Å². The van der Waals surface area contributed by atoms with Crippen LogP contribution in [0.2, 0.25) is 0 Å². The maximum Gasteiger partial charge on any atom is 0.324 e. The van der Waals surface area contributed by atoms with Gasteiger partial charge in [-0.3, -0.25) is 4.79 Å². The molecule has 0 rings (SSSR count). The fourth-order valence-corrected chi connectivity index (χ4v) is 0.778. The zero-order valence-corrected chi connectivity index (χ0v) is 7.68. The maximum atomic E-state index is 10.5. The summed E-state index contributed by atoms with van der Waals surface area (Å²) in [6, 6.07) is -0.809. The number of carboxylic acids is 1. The van der Waals surface area contributed by atoms with Crippen LogP contribution < -0.4 is 5.48 Å². The van der Waals surface area contributed by atoms with Crippen molar-refractivity contribution in [2.24, 2.45) is 0 Å². The van der Waals surface area contributed by atoms with Crippen molar-refractivity contribution in [3.05, 3.63) is 0 Å². The van der Waals surface area contributed by atoms with Gasteiger partial charge in [-0.2, -0.15) is 18.1 Å². The van der Waals surface area contributed by atoms with Crippen molar-refractivity contribution in [1.29, 1.82) is 0 Å². The molecule has 1 unspecified atom stereocenters. The van der Waals surface area contributed by atoms with Gasteiger partial charge in [0.25, 0.3) is 0 Å². The van der Waals surface area contributed by atoms with E-state index in [1.54, 1.807) is 13.8 Å². The predicted octanol–water partition coefficient (Wildman–Crippen LogP) is 0.299. The van der Waals surface area contributed by atoms with Crippen LogP contribution in [0.15, 0.2) is 0 Å². The van der Waals surface area contributed by atoms with Gasteiger partial charge in [-0.05, 0) is 13.8 Å². The Kier molecular flexibility index (Phi) is 3.85. The molecule has 11 heavy (non-hydrogen) atoms. The Labute approximate surface area is 71.3 Å². The van der Waals surface area contributed by atoms with Crippen molar-refractivity contribution in [1.82, 2.24) is 5.48 Å². The molecule has 0 fully saturated rings. The summed E-state index contributed by atoms with van der Waals surface area (Å²) in [5.74, 6) is -0.980. The van der Waals surface area contributed by atoms with Gasteiger partial charge in [0.1, 0.15) is 6.04 Å². The fourth-order valence-electron chi connectivity index (χ4n) is 0.615. The fraction of sp³-hybridized carbons (Fsp3) is 0.833. The number of aliphatic carboxylic acids is 1. The first kappa shape index (κ1) is 10.7. The van der Waals surface area contributed by atoms with Crippen molar-refractivity contribution in [2.45, 2.75) is 24.6 Å². The van der Waals surface area contributed by atoms with Gasteiger partial charge in [-0.15, -0.1) is 0 Å². The molecule has 0 heterocycles. The van der Waals surface area contributed by atoms with Crippen LogP contribution in [0.1, 0.15) is 13.8 Å². The van der Waals surface area contributed by atoms with E-state index in [4.69, 9.17) is 5.11 Å². The summed E-state index contributed by atoms with van der Waals surface area (Å²) in [4.78, 5) is 15.1. The Morgan fingerprint density at radius 2 is 2.18 bits per heavy atom. The maximum absolute atomic E-state index is 10.5. The molecule has 0 aliphatic heterocycles. The molecule has 0 aliphatic carbocycles. The second-order valence-corrected chi connectivity index (χ2v) is 3.90. The molecule has 0 aromatic heterocycles. The number of hydrogen-bond donors (Lipinski definition) is 3. The second kappa shape index (κ2) is 3.94. The quantitative estimate of drug-likeness (QED) is 0.429. The molecule has 1 atom stereocenters. The zero-order valence-electron chi connectivity index (χ0n) is 6.79. The lowest BCUT2D eigenvalue weighted by molar-refractivity contribution is -0.144. The monoisotopic (exact) mass is 179 g/mol. The minimum Gasteiger partial charge on any atom is -0.480 e. The van der Waals surface area contributed by atoms with E-state index in [0.717, 1.165) is 0 Å². The molecule has 0 saturated heterocycles. The molecule has 0 bridgehead atoms. The highest BCUT2D eigenvalue weighted by molar-refractivity contribution is 7.81. The van der Waals surface area contributed by atoms with E-state index in [1.807, 2.05) is 0 Å². The number of thiol groups is 1. The van der Waals surface area contributed by atoms with Crippen molar-refractivity contribution in [3.63, 3.8) is 0 Å². The molecule has 4 nitrogen and oxygen atoms in total. The summed E-state index contributed by atoms with van der Waals surface area (Å²) in [5, 5.41) is 8.65. The van der Waals surface area contributed by atoms with Gasteiger partial charge in [-0.25, -0.2) is 0 Å². The summed E-state index contributed by atoms with van der Waals surface area (Å²) in [5.41, 5.74) is 2.35. The van der Waals surface area contributed by atoms with Crippen LogP contribution in [0, 0.1) is 0 Å². The first-order chi connectivity index (χ1) is 4.89. The van der Waals surface area contributed by atoms with E-state index < -0.39 is 16.8 Å². The third-order valence-electron chi connectivity index (χ3n) is 1.19. The van der Waals surface area contributed by atoms with E-state index in [1.165, 1.54) is 7.11 Å². The summed E-state index contributed by atoms with van der Waals surface area (Å²) in [6.45, 7) is 3.39. The molecule has 0 amide bonds. The molecule has 66 valence electrons. The first-order valence-electron chi connectivity index (χ1n) is 3.13. The van der Waals surface area contributed by atoms with Gasteiger partial charge < -0.3 is 9.94 Å². The Hall–Kier alpha value is -0.260. The Bertz CT molecular complexity index is 143. The van der Waals surface area contributed by atoms with Crippen LogP contribution in [0.25, 0.3) is 0 Å². The van der Waals surface area contributed by atoms with E-state index >= 15 is 0 Å². The van der Waals surface area contributed by atoms with Crippen LogP contribution in [-0.4, -0.2) is 29.0 Å². The predicted molar refractivity (Wildman–Crippen MR) is 44.6 cm³/mol. The summed E-state index contributed by atoms with van der Waals surface area (Å²) in [7, 11) is 1.37. The number of carbonyl (C=O) groups is 1. The molecule has 0 spiro atoms. The lowest BCUT2D eigenvalue weighted by Crippen LogP contribution is -2.48. The van der Waals surface area contributed by atoms with Crippen molar-refractivity contribution in [3.8, 4) is 0 Å². The SMILES string of the molecule is CONC(C(=O)O)C(C)(C)S. The molecule has 0 saturated carbocycles. The largest absolute Gasteiger partial charge is 0.480 e. The third kappa shape index (κ3) is 3.60. The number of hydrogen-bond acceptors (Lipinski definition) is 4. The second-order valence-electron chi connectivity index (χ2n) is 2.75. The Morgan fingerprint density at radius 1 is 1.73 bits per heavy atom. The van der Waals surface area contributed by atoms with Gasteiger partial charge in [0.15, 0.2) is 0 Å². The summed E-state index contributed by atoms with van der Waals surface area (Å²) < 4.78 is -0.651. The number of hydroxylamine groups is 1. The normalized spacial score (nSPS) is 14.5. The lowest BCUT2D eigenvalue weighted by Gasteiger charge is -2.25. The van der Waals surface area contributed by atoms with Crippen LogP contribution in [-0.2, 0) is 9.63 Å². The minimum absolute atomic E-state index is 0.651. The van der Waals surface area contributed by atoms with Gasteiger partial charge >= 0.3 is 5.97 Å². The number of nitrogens with one attached hydrogen (secondary N) is 1. The topological polar surface area (TPSA) is 58.6 Å². The first-order valence-corrected chi connectivity index (χ1v) is 3.58. The highest BCUT2D eigenvalue weighted by Gasteiger charge is 2.31. The summed E-state index contributed by atoms with van der Waals surface area (Å²) in [6.07, 6.45) is 0.